The largest absolute Gasteiger partial charge is 0.481 e. The number of halogens is 2. The molecule has 18 heavy (non-hydrogen) atoms. The van der Waals surface area contributed by atoms with Crippen molar-refractivity contribution >= 4 is 11.6 Å². The molecule has 0 aromatic heterocycles. The van der Waals surface area contributed by atoms with E-state index < -0.39 is 11.6 Å². The SMILES string of the molecule is CCC(C)NC(=O)COc1cc(F)c(N)cc1F. The van der Waals surface area contributed by atoms with Crippen LogP contribution in [0.4, 0.5) is 14.5 Å². The lowest BCUT2D eigenvalue weighted by molar-refractivity contribution is -0.123. The second-order valence-corrected chi connectivity index (χ2v) is 3.97. The number of carbonyl (C=O) groups excluding carboxylic acids is 1. The lowest BCUT2D eigenvalue weighted by atomic mass is 10.2. The third kappa shape index (κ3) is 3.87. The van der Waals surface area contributed by atoms with E-state index in [2.05, 4.69) is 5.32 Å². The van der Waals surface area contributed by atoms with Gasteiger partial charge in [0.1, 0.15) is 5.82 Å². The van der Waals surface area contributed by atoms with Gasteiger partial charge in [-0.3, -0.25) is 4.79 Å². The first-order chi connectivity index (χ1) is 8.43. The molecule has 0 radical (unpaired) electrons. The van der Waals surface area contributed by atoms with Crippen molar-refractivity contribution in [1.82, 2.24) is 5.32 Å². The summed E-state index contributed by atoms with van der Waals surface area (Å²) in [6.45, 7) is 3.38. The van der Waals surface area contributed by atoms with Crippen molar-refractivity contribution in [3.8, 4) is 5.75 Å². The predicted octanol–water partition coefficient (Wildman–Crippen LogP) is 1.84. The summed E-state index contributed by atoms with van der Waals surface area (Å²) in [5.41, 5.74) is 4.88. The number of rotatable bonds is 5. The van der Waals surface area contributed by atoms with Crippen LogP contribution in [0.2, 0.25) is 0 Å². The summed E-state index contributed by atoms with van der Waals surface area (Å²) < 4.78 is 31.3. The number of nitrogen functional groups attached to an aromatic ring is 1. The van der Waals surface area contributed by atoms with Crippen molar-refractivity contribution in [2.75, 3.05) is 12.3 Å². The Bertz CT molecular complexity index is 438. The topological polar surface area (TPSA) is 64.3 Å². The molecule has 0 aliphatic rings. The molecule has 0 spiro atoms. The number of hydrogen-bond donors (Lipinski definition) is 2. The highest BCUT2D eigenvalue weighted by molar-refractivity contribution is 5.77. The molecule has 0 aliphatic heterocycles. The van der Waals surface area contributed by atoms with Crippen LogP contribution in [0.1, 0.15) is 20.3 Å². The van der Waals surface area contributed by atoms with Gasteiger partial charge in [0.05, 0.1) is 5.69 Å². The van der Waals surface area contributed by atoms with Crippen LogP contribution in [0.3, 0.4) is 0 Å². The fourth-order valence-corrected chi connectivity index (χ4v) is 1.22. The van der Waals surface area contributed by atoms with E-state index in [1.807, 2.05) is 13.8 Å². The number of carbonyl (C=O) groups is 1. The van der Waals surface area contributed by atoms with Crippen molar-refractivity contribution in [3.05, 3.63) is 23.8 Å². The molecule has 0 fully saturated rings. The van der Waals surface area contributed by atoms with E-state index in [0.717, 1.165) is 18.6 Å². The average molecular weight is 258 g/mol. The first kappa shape index (κ1) is 14.2. The molecule has 100 valence electrons. The molecule has 1 unspecified atom stereocenters. The zero-order chi connectivity index (χ0) is 13.7. The first-order valence-electron chi connectivity index (χ1n) is 5.60. The fraction of sp³-hybridized carbons (Fsp3) is 0.417. The van der Waals surface area contributed by atoms with E-state index in [9.17, 15) is 13.6 Å². The molecule has 0 aliphatic carbocycles. The second kappa shape index (κ2) is 6.18. The summed E-state index contributed by atoms with van der Waals surface area (Å²) in [6, 6.07) is 1.65. The Kier molecular flexibility index (Phi) is 4.88. The van der Waals surface area contributed by atoms with Gasteiger partial charge in [0.25, 0.3) is 5.91 Å². The summed E-state index contributed by atoms with van der Waals surface area (Å²) in [6.07, 6.45) is 0.774. The van der Waals surface area contributed by atoms with Gasteiger partial charge >= 0.3 is 0 Å². The van der Waals surface area contributed by atoms with E-state index in [-0.39, 0.29) is 30.0 Å². The molecule has 1 amide bonds. The number of ether oxygens (including phenoxy) is 1. The molecule has 0 heterocycles. The minimum Gasteiger partial charge on any atom is -0.481 e. The molecule has 0 saturated carbocycles. The Labute approximate surface area is 104 Å². The van der Waals surface area contributed by atoms with Gasteiger partial charge in [0.15, 0.2) is 18.2 Å². The molecule has 6 heteroatoms. The van der Waals surface area contributed by atoms with Crippen molar-refractivity contribution < 1.29 is 18.3 Å². The number of nitrogens with one attached hydrogen (secondary N) is 1. The van der Waals surface area contributed by atoms with Crippen molar-refractivity contribution in [3.63, 3.8) is 0 Å². The second-order valence-electron chi connectivity index (χ2n) is 3.97. The molecule has 1 rings (SSSR count). The summed E-state index contributed by atoms with van der Waals surface area (Å²) in [7, 11) is 0. The third-order valence-electron chi connectivity index (χ3n) is 2.43. The molecule has 1 atom stereocenters. The van der Waals surface area contributed by atoms with E-state index in [1.54, 1.807) is 0 Å². The van der Waals surface area contributed by atoms with Gasteiger partial charge in [0.2, 0.25) is 0 Å². The maximum atomic E-state index is 13.3. The smallest absolute Gasteiger partial charge is 0.258 e. The van der Waals surface area contributed by atoms with Crippen LogP contribution in [-0.2, 0) is 4.79 Å². The lowest BCUT2D eigenvalue weighted by Gasteiger charge is -2.12. The van der Waals surface area contributed by atoms with Gasteiger partial charge < -0.3 is 15.8 Å². The van der Waals surface area contributed by atoms with Gasteiger partial charge in [-0.2, -0.15) is 0 Å². The Morgan fingerprint density at radius 2 is 2.11 bits per heavy atom. The number of hydrogen-bond acceptors (Lipinski definition) is 3. The minimum atomic E-state index is -0.801. The van der Waals surface area contributed by atoms with Crippen LogP contribution in [-0.4, -0.2) is 18.6 Å². The van der Waals surface area contributed by atoms with Crippen LogP contribution < -0.4 is 15.8 Å². The van der Waals surface area contributed by atoms with Crippen molar-refractivity contribution in [2.45, 2.75) is 26.3 Å². The number of benzene rings is 1. The van der Waals surface area contributed by atoms with Crippen LogP contribution in [0.5, 0.6) is 5.75 Å². The van der Waals surface area contributed by atoms with Gasteiger partial charge in [-0.25, -0.2) is 8.78 Å². The molecule has 3 N–H and O–H groups in total. The summed E-state index contributed by atoms with van der Waals surface area (Å²) in [5.74, 6) is -2.30. The van der Waals surface area contributed by atoms with Gasteiger partial charge in [0, 0.05) is 18.2 Å². The van der Waals surface area contributed by atoms with Crippen LogP contribution in [0.25, 0.3) is 0 Å². The summed E-state index contributed by atoms with van der Waals surface area (Å²) in [4.78, 5) is 11.4. The van der Waals surface area contributed by atoms with E-state index in [4.69, 9.17) is 10.5 Å². The lowest BCUT2D eigenvalue weighted by Crippen LogP contribution is -2.35. The van der Waals surface area contributed by atoms with Crippen LogP contribution >= 0.6 is 0 Å². The highest BCUT2D eigenvalue weighted by atomic mass is 19.1. The minimum absolute atomic E-state index is 0.00843. The van der Waals surface area contributed by atoms with Gasteiger partial charge in [-0.05, 0) is 13.3 Å². The Morgan fingerprint density at radius 3 is 2.72 bits per heavy atom. The van der Waals surface area contributed by atoms with Crippen molar-refractivity contribution in [2.24, 2.45) is 0 Å². The number of nitrogens with two attached hydrogens (primary N) is 1. The normalized spacial score (nSPS) is 12.0. The van der Waals surface area contributed by atoms with E-state index in [1.165, 1.54) is 0 Å². The fourth-order valence-electron chi connectivity index (χ4n) is 1.22. The number of anilines is 1. The predicted molar refractivity (Wildman–Crippen MR) is 64.2 cm³/mol. The monoisotopic (exact) mass is 258 g/mol. The summed E-state index contributed by atoms with van der Waals surface area (Å²) >= 11 is 0. The zero-order valence-corrected chi connectivity index (χ0v) is 10.3. The third-order valence-corrected chi connectivity index (χ3v) is 2.43. The standard InChI is InChI=1S/C12H16F2N2O2/c1-3-7(2)16-12(17)6-18-11-5-8(13)10(15)4-9(11)14/h4-5,7H,3,6,15H2,1-2H3,(H,16,17). The maximum absolute atomic E-state index is 13.3. The van der Waals surface area contributed by atoms with Crippen LogP contribution in [0.15, 0.2) is 12.1 Å². The summed E-state index contributed by atoms with van der Waals surface area (Å²) in [5, 5.41) is 2.64. The highest BCUT2D eigenvalue weighted by Gasteiger charge is 2.11. The molecule has 1 aromatic rings. The molecular weight excluding hydrogens is 242 g/mol. The first-order valence-corrected chi connectivity index (χ1v) is 5.60. The van der Waals surface area contributed by atoms with Crippen molar-refractivity contribution in [1.29, 1.82) is 0 Å². The molecule has 4 nitrogen and oxygen atoms in total. The van der Waals surface area contributed by atoms with Gasteiger partial charge in [-0.1, -0.05) is 6.92 Å². The van der Waals surface area contributed by atoms with E-state index >= 15 is 0 Å². The maximum Gasteiger partial charge on any atom is 0.258 e. The molecule has 0 saturated heterocycles. The Balaban J connectivity index is 2.58. The van der Waals surface area contributed by atoms with Gasteiger partial charge in [-0.15, -0.1) is 0 Å². The molecular formula is C12H16F2N2O2. The van der Waals surface area contributed by atoms with E-state index in [0.29, 0.717) is 0 Å². The molecule has 0 bridgehead atoms. The van der Waals surface area contributed by atoms with Crippen LogP contribution in [0, 0.1) is 11.6 Å². The average Bonchev–Trinajstić information content (AvgIpc) is 2.32. The quantitative estimate of drug-likeness (QED) is 0.792. The Morgan fingerprint density at radius 1 is 1.44 bits per heavy atom. The molecule has 1 aromatic carbocycles. The highest BCUT2D eigenvalue weighted by Crippen LogP contribution is 2.22. The Hall–Kier alpha value is -1.85. The number of amides is 1. The zero-order valence-electron chi connectivity index (χ0n) is 10.3.